The summed E-state index contributed by atoms with van der Waals surface area (Å²) in [5, 5.41) is 7.83. The van der Waals surface area contributed by atoms with Crippen molar-refractivity contribution in [2.75, 3.05) is 36.4 Å². The molecular weight excluding hydrogens is 489 g/mol. The first-order chi connectivity index (χ1) is 16.9. The van der Waals surface area contributed by atoms with E-state index in [4.69, 9.17) is 27.6 Å². The molecule has 1 saturated heterocycles. The standard InChI is InChI=1S/C25H25Cl2N5O3/c26-16-4-5-19(28-14-16)31-8-10-32(11-9-31)23(33)18-13-15-12-17(27)21-20(22(15)35-18)25(30-24(34)29-21)6-2-1-3-7-25/h4-5,12-14H,1-3,6-11H2,(H2,29,30,34). The minimum atomic E-state index is -0.533. The number of halogens is 2. The number of piperazine rings is 1. The molecule has 10 heteroatoms. The number of pyridine rings is 1. The van der Waals surface area contributed by atoms with Crippen LogP contribution in [0.3, 0.4) is 0 Å². The number of fused-ring (bicyclic) bond motifs is 4. The molecular formula is C25H25Cl2N5O3. The third kappa shape index (κ3) is 3.89. The van der Waals surface area contributed by atoms with E-state index >= 15 is 0 Å². The Bertz CT molecular complexity index is 1310. The van der Waals surface area contributed by atoms with Crippen LogP contribution in [0.4, 0.5) is 16.3 Å². The predicted octanol–water partition coefficient (Wildman–Crippen LogP) is 5.39. The van der Waals surface area contributed by atoms with E-state index in [0.29, 0.717) is 47.5 Å². The molecule has 4 heterocycles. The summed E-state index contributed by atoms with van der Waals surface area (Å²) in [6.07, 6.45) is 6.40. The first-order valence-electron chi connectivity index (χ1n) is 11.9. The lowest BCUT2D eigenvalue weighted by Crippen LogP contribution is -2.52. The Morgan fingerprint density at radius 1 is 1.06 bits per heavy atom. The summed E-state index contributed by atoms with van der Waals surface area (Å²) >= 11 is 12.6. The molecule has 3 aliphatic rings. The molecule has 3 aromatic rings. The van der Waals surface area contributed by atoms with Gasteiger partial charge in [-0.3, -0.25) is 4.79 Å². The lowest BCUT2D eigenvalue weighted by Gasteiger charge is -2.42. The van der Waals surface area contributed by atoms with Crippen molar-refractivity contribution in [1.82, 2.24) is 15.2 Å². The summed E-state index contributed by atoms with van der Waals surface area (Å²) < 4.78 is 6.24. The van der Waals surface area contributed by atoms with Gasteiger partial charge in [-0.15, -0.1) is 0 Å². The van der Waals surface area contributed by atoms with Gasteiger partial charge in [-0.2, -0.15) is 0 Å². The molecule has 2 N–H and O–H groups in total. The molecule has 2 aliphatic heterocycles. The molecule has 0 bridgehead atoms. The largest absolute Gasteiger partial charge is 0.450 e. The molecule has 8 nitrogen and oxygen atoms in total. The van der Waals surface area contributed by atoms with E-state index in [1.807, 2.05) is 12.1 Å². The Morgan fingerprint density at radius 3 is 2.54 bits per heavy atom. The minimum Gasteiger partial charge on any atom is -0.450 e. The third-order valence-electron chi connectivity index (χ3n) is 7.35. The van der Waals surface area contributed by atoms with Gasteiger partial charge in [-0.1, -0.05) is 42.5 Å². The fraction of sp³-hybridized carbons (Fsp3) is 0.400. The lowest BCUT2D eigenvalue weighted by atomic mass is 9.74. The quantitative estimate of drug-likeness (QED) is 0.479. The Morgan fingerprint density at radius 2 is 1.83 bits per heavy atom. The summed E-state index contributed by atoms with van der Waals surface area (Å²) in [6, 6.07) is 6.99. The maximum absolute atomic E-state index is 13.4. The van der Waals surface area contributed by atoms with E-state index in [-0.39, 0.29) is 17.7 Å². The van der Waals surface area contributed by atoms with Gasteiger partial charge >= 0.3 is 6.03 Å². The van der Waals surface area contributed by atoms with E-state index in [0.717, 1.165) is 48.9 Å². The fourth-order valence-electron chi connectivity index (χ4n) is 5.64. The number of hydrogen-bond acceptors (Lipinski definition) is 5. The van der Waals surface area contributed by atoms with Crippen molar-refractivity contribution in [3.05, 3.63) is 51.8 Å². The molecule has 0 radical (unpaired) electrons. The average Bonchev–Trinajstić information content (AvgIpc) is 3.28. The van der Waals surface area contributed by atoms with Gasteiger partial charge in [-0.25, -0.2) is 9.78 Å². The Labute approximate surface area is 212 Å². The molecule has 3 amide bonds. The second-order valence-electron chi connectivity index (χ2n) is 9.47. The van der Waals surface area contributed by atoms with Gasteiger partial charge in [0.1, 0.15) is 11.4 Å². The molecule has 1 saturated carbocycles. The summed E-state index contributed by atoms with van der Waals surface area (Å²) in [4.78, 5) is 34.2. The van der Waals surface area contributed by atoms with Gasteiger partial charge in [-0.05, 0) is 37.1 Å². The molecule has 182 valence electrons. The number of nitrogens with zero attached hydrogens (tertiary/aromatic N) is 3. The number of benzene rings is 1. The number of amides is 3. The van der Waals surface area contributed by atoms with Crippen LogP contribution in [0.5, 0.6) is 0 Å². The van der Waals surface area contributed by atoms with Crippen LogP contribution in [0.1, 0.15) is 48.2 Å². The number of urea groups is 1. The number of nitrogens with one attached hydrogen (secondary N) is 2. The van der Waals surface area contributed by atoms with Gasteiger partial charge in [0.25, 0.3) is 5.91 Å². The molecule has 35 heavy (non-hydrogen) atoms. The summed E-state index contributed by atoms with van der Waals surface area (Å²) in [6.45, 7) is 2.45. The topological polar surface area (TPSA) is 90.7 Å². The van der Waals surface area contributed by atoms with Crippen molar-refractivity contribution in [3.8, 4) is 0 Å². The highest BCUT2D eigenvalue weighted by Gasteiger charge is 2.44. The highest BCUT2D eigenvalue weighted by atomic mass is 35.5. The van der Waals surface area contributed by atoms with Crippen LogP contribution in [0.2, 0.25) is 10.0 Å². The van der Waals surface area contributed by atoms with E-state index in [2.05, 4.69) is 20.5 Å². The number of furan rings is 1. The van der Waals surface area contributed by atoms with Crippen LogP contribution in [-0.2, 0) is 5.54 Å². The van der Waals surface area contributed by atoms with Crippen molar-refractivity contribution >= 4 is 57.6 Å². The van der Waals surface area contributed by atoms with Crippen molar-refractivity contribution in [2.45, 2.75) is 37.6 Å². The number of carbonyl (C=O) groups excluding carboxylic acids is 2. The zero-order valence-corrected chi connectivity index (χ0v) is 20.6. The second-order valence-corrected chi connectivity index (χ2v) is 10.3. The van der Waals surface area contributed by atoms with Gasteiger partial charge < -0.3 is 24.9 Å². The Kier molecular flexibility index (Phi) is 5.53. The maximum Gasteiger partial charge on any atom is 0.319 e. The zero-order valence-electron chi connectivity index (χ0n) is 19.1. The minimum absolute atomic E-state index is 0.153. The van der Waals surface area contributed by atoms with Crippen molar-refractivity contribution in [1.29, 1.82) is 0 Å². The van der Waals surface area contributed by atoms with Crippen molar-refractivity contribution in [2.24, 2.45) is 0 Å². The first-order valence-corrected chi connectivity index (χ1v) is 12.7. The molecule has 0 atom stereocenters. The van der Waals surface area contributed by atoms with Crippen LogP contribution in [0, 0.1) is 0 Å². The molecule has 6 rings (SSSR count). The van der Waals surface area contributed by atoms with Crippen LogP contribution in [0.15, 0.2) is 34.9 Å². The number of aromatic nitrogens is 1. The number of hydrogen-bond donors (Lipinski definition) is 2. The van der Waals surface area contributed by atoms with E-state index in [1.165, 1.54) is 0 Å². The van der Waals surface area contributed by atoms with Gasteiger partial charge in [0, 0.05) is 43.3 Å². The lowest BCUT2D eigenvalue weighted by molar-refractivity contribution is 0.0716. The Balaban J connectivity index is 1.29. The smallest absolute Gasteiger partial charge is 0.319 e. The van der Waals surface area contributed by atoms with Crippen LogP contribution in [0.25, 0.3) is 11.0 Å². The van der Waals surface area contributed by atoms with Gasteiger partial charge in [0.05, 0.1) is 21.3 Å². The van der Waals surface area contributed by atoms with Crippen molar-refractivity contribution in [3.63, 3.8) is 0 Å². The monoisotopic (exact) mass is 513 g/mol. The summed E-state index contributed by atoms with van der Waals surface area (Å²) in [5.74, 6) is 0.976. The number of anilines is 2. The van der Waals surface area contributed by atoms with E-state index in [1.54, 1.807) is 23.2 Å². The SMILES string of the molecule is O=C1Nc2c(Cl)cc3cc(C(=O)N4CCN(c5ccc(Cl)cn5)CC4)oc3c2C2(CCCCC2)N1. The van der Waals surface area contributed by atoms with Gasteiger partial charge in [0.2, 0.25) is 0 Å². The zero-order chi connectivity index (χ0) is 24.2. The van der Waals surface area contributed by atoms with E-state index < -0.39 is 5.54 Å². The van der Waals surface area contributed by atoms with Crippen LogP contribution in [-0.4, -0.2) is 48.0 Å². The third-order valence-corrected chi connectivity index (χ3v) is 7.87. The summed E-state index contributed by atoms with van der Waals surface area (Å²) in [5.41, 5.74) is 1.53. The molecule has 2 aromatic heterocycles. The number of carbonyl (C=O) groups is 2. The average molecular weight is 514 g/mol. The molecule has 1 aliphatic carbocycles. The van der Waals surface area contributed by atoms with Crippen LogP contribution >= 0.6 is 23.2 Å². The van der Waals surface area contributed by atoms with Gasteiger partial charge in [0.15, 0.2) is 5.76 Å². The second kappa shape index (κ2) is 8.60. The maximum atomic E-state index is 13.4. The molecule has 1 spiro atoms. The summed E-state index contributed by atoms with van der Waals surface area (Å²) in [7, 11) is 0. The van der Waals surface area contributed by atoms with Crippen LogP contribution < -0.4 is 15.5 Å². The Hall–Kier alpha value is -2.97. The predicted molar refractivity (Wildman–Crippen MR) is 136 cm³/mol. The number of rotatable bonds is 2. The first kappa shape index (κ1) is 22.5. The highest BCUT2D eigenvalue weighted by Crippen LogP contribution is 2.49. The molecule has 0 unspecified atom stereocenters. The van der Waals surface area contributed by atoms with E-state index in [9.17, 15) is 9.59 Å². The highest BCUT2D eigenvalue weighted by molar-refractivity contribution is 6.35. The fourth-order valence-corrected chi connectivity index (χ4v) is 6.01. The molecule has 1 aromatic carbocycles. The molecule has 2 fully saturated rings. The normalized spacial score (nSPS) is 19.4. The van der Waals surface area contributed by atoms with Crippen molar-refractivity contribution < 1.29 is 14.0 Å².